The van der Waals surface area contributed by atoms with Gasteiger partial charge in [0.15, 0.2) is 0 Å². The number of hydrogen-bond donors (Lipinski definition) is 1. The summed E-state index contributed by atoms with van der Waals surface area (Å²) in [6.07, 6.45) is 7.33. The maximum absolute atomic E-state index is 6.24. The van der Waals surface area contributed by atoms with Crippen LogP contribution in [0.1, 0.15) is 43.7 Å². The summed E-state index contributed by atoms with van der Waals surface area (Å²) >= 11 is 12.3. The van der Waals surface area contributed by atoms with Crippen LogP contribution in [-0.2, 0) is 0 Å². The van der Waals surface area contributed by atoms with Crippen molar-refractivity contribution in [3.63, 3.8) is 0 Å². The van der Waals surface area contributed by atoms with Crippen LogP contribution in [-0.4, -0.2) is 7.05 Å². The quantitative estimate of drug-likeness (QED) is 0.793. The lowest BCUT2D eigenvalue weighted by Gasteiger charge is -2.56. The normalized spacial score (nSPS) is 38.7. The first-order valence-corrected chi connectivity index (χ1v) is 9.03. The van der Waals surface area contributed by atoms with E-state index in [0.29, 0.717) is 16.1 Å². The lowest BCUT2D eigenvalue weighted by molar-refractivity contribution is -0.0515. The fraction of sp³-hybridized carbons (Fsp3) is 0.667. The van der Waals surface area contributed by atoms with Gasteiger partial charge in [-0.05, 0) is 86.4 Å². The molecule has 1 aromatic rings. The molecule has 4 aliphatic carbocycles. The minimum Gasteiger partial charge on any atom is -0.313 e. The zero-order valence-corrected chi connectivity index (χ0v) is 14.0. The molecule has 1 aromatic carbocycles. The third-order valence-electron chi connectivity index (χ3n) is 6.30. The van der Waals surface area contributed by atoms with Gasteiger partial charge in [0.25, 0.3) is 0 Å². The van der Waals surface area contributed by atoms with E-state index in [1.54, 1.807) is 0 Å². The van der Waals surface area contributed by atoms with Crippen LogP contribution in [0.5, 0.6) is 0 Å². The summed E-state index contributed by atoms with van der Waals surface area (Å²) in [5, 5.41) is 4.92. The summed E-state index contributed by atoms with van der Waals surface area (Å²) in [6, 6.07) is 6.59. The molecule has 0 spiro atoms. The van der Waals surface area contributed by atoms with Crippen molar-refractivity contribution in [2.75, 3.05) is 7.05 Å². The Morgan fingerprint density at radius 1 is 0.952 bits per heavy atom. The van der Waals surface area contributed by atoms with Gasteiger partial charge in [0.2, 0.25) is 0 Å². The molecule has 4 bridgehead atoms. The second kappa shape index (κ2) is 5.44. The van der Waals surface area contributed by atoms with Crippen LogP contribution in [0.3, 0.4) is 0 Å². The molecule has 3 heteroatoms. The zero-order chi connectivity index (χ0) is 14.6. The molecule has 0 radical (unpaired) electrons. The molecule has 0 amide bonds. The minimum atomic E-state index is 0.426. The topological polar surface area (TPSA) is 12.0 Å². The van der Waals surface area contributed by atoms with Gasteiger partial charge in [-0.2, -0.15) is 0 Å². The van der Waals surface area contributed by atoms with Crippen molar-refractivity contribution in [3.8, 4) is 0 Å². The highest BCUT2D eigenvalue weighted by atomic mass is 35.5. The molecule has 1 nitrogen and oxygen atoms in total. The highest BCUT2D eigenvalue weighted by Gasteiger charge is 2.50. The second-order valence-electron chi connectivity index (χ2n) is 7.45. The van der Waals surface area contributed by atoms with Crippen LogP contribution < -0.4 is 5.32 Å². The molecule has 5 rings (SSSR count). The van der Waals surface area contributed by atoms with Crippen LogP contribution in [0, 0.1) is 29.6 Å². The largest absolute Gasteiger partial charge is 0.313 e. The minimum absolute atomic E-state index is 0.426. The van der Waals surface area contributed by atoms with Crippen LogP contribution in [0.15, 0.2) is 18.2 Å². The van der Waals surface area contributed by atoms with Gasteiger partial charge in [0.05, 0.1) is 10.0 Å². The van der Waals surface area contributed by atoms with Crippen molar-refractivity contribution in [3.05, 3.63) is 33.8 Å². The van der Waals surface area contributed by atoms with Gasteiger partial charge < -0.3 is 5.32 Å². The van der Waals surface area contributed by atoms with E-state index in [1.807, 2.05) is 6.07 Å². The Morgan fingerprint density at radius 3 is 2.10 bits per heavy atom. The fourth-order valence-electron chi connectivity index (χ4n) is 5.80. The van der Waals surface area contributed by atoms with E-state index in [1.165, 1.54) is 37.7 Å². The molecule has 1 atom stereocenters. The van der Waals surface area contributed by atoms with Crippen LogP contribution in [0.2, 0.25) is 10.0 Å². The standard InChI is InChI=1S/C18H23Cl2N/c1-21-18(12-2-3-15(19)16(20)9-12)17-13-5-10-4-11(7-13)8-14(17)6-10/h2-3,9-11,13-14,17-18,21H,4-8H2,1H3. The lowest BCUT2D eigenvalue weighted by Crippen LogP contribution is -2.49. The Balaban J connectivity index is 1.65. The molecule has 0 heterocycles. The predicted octanol–water partition coefficient (Wildman–Crippen LogP) is 5.33. The first-order valence-electron chi connectivity index (χ1n) is 8.28. The monoisotopic (exact) mass is 323 g/mol. The summed E-state index contributed by atoms with van der Waals surface area (Å²) in [5.41, 5.74) is 1.31. The van der Waals surface area contributed by atoms with Gasteiger partial charge >= 0.3 is 0 Å². The van der Waals surface area contributed by atoms with Crippen molar-refractivity contribution in [1.29, 1.82) is 0 Å². The SMILES string of the molecule is CNC(c1ccc(Cl)c(Cl)c1)C1C2CC3CC(C2)CC1C3. The van der Waals surface area contributed by atoms with E-state index in [9.17, 15) is 0 Å². The average molecular weight is 324 g/mol. The molecule has 0 saturated heterocycles. The Labute approximate surface area is 137 Å². The van der Waals surface area contributed by atoms with Crippen molar-refractivity contribution < 1.29 is 0 Å². The molecular weight excluding hydrogens is 301 g/mol. The maximum Gasteiger partial charge on any atom is 0.0595 e. The molecular formula is C18H23Cl2N. The molecule has 114 valence electrons. The Kier molecular flexibility index (Phi) is 3.72. The first-order chi connectivity index (χ1) is 10.2. The van der Waals surface area contributed by atoms with E-state index in [4.69, 9.17) is 23.2 Å². The van der Waals surface area contributed by atoms with Crippen molar-refractivity contribution in [2.45, 2.75) is 38.1 Å². The molecule has 4 fully saturated rings. The van der Waals surface area contributed by atoms with Gasteiger partial charge in [-0.25, -0.2) is 0 Å². The van der Waals surface area contributed by atoms with Crippen molar-refractivity contribution >= 4 is 23.2 Å². The van der Waals surface area contributed by atoms with Crippen molar-refractivity contribution in [1.82, 2.24) is 5.32 Å². The molecule has 1 N–H and O–H groups in total. The number of rotatable bonds is 3. The van der Waals surface area contributed by atoms with E-state index in [-0.39, 0.29) is 0 Å². The summed E-state index contributed by atoms with van der Waals surface area (Å²) < 4.78 is 0. The van der Waals surface area contributed by atoms with Gasteiger partial charge in [-0.15, -0.1) is 0 Å². The van der Waals surface area contributed by atoms with Crippen molar-refractivity contribution in [2.24, 2.45) is 29.6 Å². The van der Waals surface area contributed by atoms with Crippen LogP contribution in [0.4, 0.5) is 0 Å². The molecule has 21 heavy (non-hydrogen) atoms. The summed E-state index contributed by atoms with van der Waals surface area (Å²) in [6.45, 7) is 0. The average Bonchev–Trinajstić information content (AvgIpc) is 2.45. The summed E-state index contributed by atoms with van der Waals surface area (Å²) in [7, 11) is 2.10. The zero-order valence-electron chi connectivity index (χ0n) is 12.5. The third-order valence-corrected chi connectivity index (χ3v) is 7.04. The smallest absolute Gasteiger partial charge is 0.0595 e. The molecule has 0 aromatic heterocycles. The lowest BCUT2D eigenvalue weighted by atomic mass is 9.50. The van der Waals surface area contributed by atoms with Crippen LogP contribution >= 0.6 is 23.2 Å². The Hall–Kier alpha value is -0.240. The second-order valence-corrected chi connectivity index (χ2v) is 8.26. The maximum atomic E-state index is 6.24. The van der Waals surface area contributed by atoms with Crippen LogP contribution in [0.25, 0.3) is 0 Å². The predicted molar refractivity (Wildman–Crippen MR) is 88.8 cm³/mol. The molecule has 1 unspecified atom stereocenters. The highest BCUT2D eigenvalue weighted by molar-refractivity contribution is 6.42. The number of halogens is 2. The van der Waals surface area contributed by atoms with Gasteiger partial charge in [-0.3, -0.25) is 0 Å². The van der Waals surface area contributed by atoms with E-state index >= 15 is 0 Å². The Morgan fingerprint density at radius 2 is 1.57 bits per heavy atom. The number of nitrogens with one attached hydrogen (secondary N) is 1. The number of hydrogen-bond acceptors (Lipinski definition) is 1. The highest BCUT2D eigenvalue weighted by Crippen LogP contribution is 2.59. The number of benzene rings is 1. The summed E-state index contributed by atoms with van der Waals surface area (Å²) in [5.74, 6) is 4.64. The molecule has 0 aliphatic heterocycles. The summed E-state index contributed by atoms with van der Waals surface area (Å²) in [4.78, 5) is 0. The van der Waals surface area contributed by atoms with E-state index in [2.05, 4.69) is 24.5 Å². The fourth-order valence-corrected chi connectivity index (χ4v) is 6.11. The first kappa shape index (κ1) is 14.4. The Bertz CT molecular complexity index is 514. The van der Waals surface area contributed by atoms with E-state index in [0.717, 1.165) is 29.6 Å². The molecule has 4 saturated carbocycles. The van der Waals surface area contributed by atoms with E-state index < -0.39 is 0 Å². The van der Waals surface area contributed by atoms with Gasteiger partial charge in [-0.1, -0.05) is 29.3 Å². The molecule has 4 aliphatic rings. The van der Waals surface area contributed by atoms with Gasteiger partial charge in [0, 0.05) is 6.04 Å². The van der Waals surface area contributed by atoms with Gasteiger partial charge in [0.1, 0.15) is 0 Å². The third kappa shape index (κ3) is 2.42.